The van der Waals surface area contributed by atoms with Crippen molar-refractivity contribution in [3.8, 4) is 6.07 Å². The van der Waals surface area contributed by atoms with Gasteiger partial charge in [-0.05, 0) is 17.7 Å². The van der Waals surface area contributed by atoms with Gasteiger partial charge in [0.05, 0.1) is 17.7 Å². The molecule has 0 aliphatic carbocycles. The molecule has 0 fully saturated rings. The number of hydrogen-bond donors (Lipinski definition) is 0. The van der Waals surface area contributed by atoms with Gasteiger partial charge in [-0.25, -0.2) is 17.2 Å². The van der Waals surface area contributed by atoms with Crippen molar-refractivity contribution >= 4 is 9.84 Å². The molecule has 3 nitrogen and oxygen atoms in total. The first-order valence-electron chi connectivity index (χ1n) is 6.06. The van der Waals surface area contributed by atoms with Crippen LogP contribution < -0.4 is 0 Å². The minimum absolute atomic E-state index is 0.511. The third-order valence-corrected chi connectivity index (χ3v) is 4.75. The van der Waals surface area contributed by atoms with Gasteiger partial charge in [0.2, 0.25) is 0 Å². The van der Waals surface area contributed by atoms with Crippen molar-refractivity contribution in [1.82, 2.24) is 0 Å². The van der Waals surface area contributed by atoms with E-state index >= 15 is 0 Å². The van der Waals surface area contributed by atoms with Crippen LogP contribution in [0.1, 0.15) is 11.5 Å². The third-order valence-electron chi connectivity index (χ3n) is 2.97. The van der Waals surface area contributed by atoms with Gasteiger partial charge in [0.25, 0.3) is 0 Å². The van der Waals surface area contributed by atoms with Crippen molar-refractivity contribution in [3.63, 3.8) is 0 Å². The SMILES string of the molecule is N#CC(CS(=O)(=O)c1ccc(F)cc1F)c1ccccc1. The average molecular weight is 307 g/mol. The van der Waals surface area contributed by atoms with Gasteiger partial charge in [0, 0.05) is 6.07 Å². The lowest BCUT2D eigenvalue weighted by Crippen LogP contribution is -2.15. The zero-order chi connectivity index (χ0) is 15.5. The maximum Gasteiger partial charge on any atom is 0.182 e. The van der Waals surface area contributed by atoms with E-state index in [0.717, 1.165) is 12.1 Å². The molecule has 2 aromatic rings. The first-order chi connectivity index (χ1) is 9.94. The molecule has 6 heteroatoms. The zero-order valence-corrected chi connectivity index (χ0v) is 11.6. The van der Waals surface area contributed by atoms with Gasteiger partial charge in [-0.3, -0.25) is 0 Å². The number of benzene rings is 2. The molecule has 0 aliphatic heterocycles. The molecule has 0 saturated heterocycles. The summed E-state index contributed by atoms with van der Waals surface area (Å²) >= 11 is 0. The molecular weight excluding hydrogens is 296 g/mol. The standard InChI is InChI=1S/C15H11F2NO2S/c16-13-6-7-15(14(17)8-13)21(19,20)10-12(9-18)11-4-2-1-3-5-11/h1-8,12H,10H2. The Bertz CT molecular complexity index is 783. The molecule has 1 unspecified atom stereocenters. The van der Waals surface area contributed by atoms with E-state index in [1.54, 1.807) is 30.3 Å². The van der Waals surface area contributed by atoms with Crippen molar-refractivity contribution < 1.29 is 17.2 Å². The Morgan fingerprint density at radius 3 is 2.33 bits per heavy atom. The van der Waals surface area contributed by atoms with Gasteiger partial charge in [-0.1, -0.05) is 30.3 Å². The molecule has 0 aliphatic rings. The molecular formula is C15H11F2NO2S. The quantitative estimate of drug-likeness (QED) is 0.816. The summed E-state index contributed by atoms with van der Waals surface area (Å²) in [5.74, 6) is -3.48. The number of hydrogen-bond acceptors (Lipinski definition) is 3. The van der Waals surface area contributed by atoms with Crippen LogP contribution in [-0.2, 0) is 9.84 Å². The second-order valence-corrected chi connectivity index (χ2v) is 6.45. The summed E-state index contributed by atoms with van der Waals surface area (Å²) < 4.78 is 50.8. The topological polar surface area (TPSA) is 57.9 Å². The first kappa shape index (κ1) is 15.1. The fourth-order valence-electron chi connectivity index (χ4n) is 1.93. The first-order valence-corrected chi connectivity index (χ1v) is 7.71. The maximum atomic E-state index is 13.6. The Hall–Kier alpha value is -2.26. The van der Waals surface area contributed by atoms with E-state index in [4.69, 9.17) is 5.26 Å². The van der Waals surface area contributed by atoms with E-state index in [-0.39, 0.29) is 0 Å². The summed E-state index contributed by atoms with van der Waals surface area (Å²) in [6.45, 7) is 0. The molecule has 0 radical (unpaired) electrons. The summed E-state index contributed by atoms with van der Waals surface area (Å²) in [5, 5.41) is 9.13. The number of nitrogens with zero attached hydrogens (tertiary/aromatic N) is 1. The largest absolute Gasteiger partial charge is 0.224 e. The van der Waals surface area contributed by atoms with Crippen LogP contribution in [0.2, 0.25) is 0 Å². The number of nitriles is 1. The van der Waals surface area contributed by atoms with E-state index in [2.05, 4.69) is 0 Å². The minimum atomic E-state index is -4.03. The highest BCUT2D eigenvalue weighted by atomic mass is 32.2. The molecule has 108 valence electrons. The highest BCUT2D eigenvalue weighted by molar-refractivity contribution is 7.91. The Morgan fingerprint density at radius 2 is 1.76 bits per heavy atom. The number of rotatable bonds is 4. The van der Waals surface area contributed by atoms with Crippen LogP contribution in [0.4, 0.5) is 8.78 Å². The van der Waals surface area contributed by atoms with Gasteiger partial charge < -0.3 is 0 Å². The molecule has 0 spiro atoms. The average Bonchev–Trinajstić information content (AvgIpc) is 2.45. The van der Waals surface area contributed by atoms with Crippen molar-refractivity contribution in [2.45, 2.75) is 10.8 Å². The third kappa shape index (κ3) is 3.44. The minimum Gasteiger partial charge on any atom is -0.224 e. The predicted molar refractivity (Wildman–Crippen MR) is 73.2 cm³/mol. The van der Waals surface area contributed by atoms with Crippen LogP contribution in [0, 0.1) is 23.0 Å². The van der Waals surface area contributed by atoms with Crippen molar-refractivity contribution in [1.29, 1.82) is 5.26 Å². The lowest BCUT2D eigenvalue weighted by atomic mass is 10.0. The van der Waals surface area contributed by atoms with E-state index in [1.165, 1.54) is 0 Å². The summed E-state index contributed by atoms with van der Waals surface area (Å²) in [5.41, 5.74) is 0.533. The lowest BCUT2D eigenvalue weighted by molar-refractivity contribution is 0.548. The molecule has 0 aromatic heterocycles. The van der Waals surface area contributed by atoms with Gasteiger partial charge in [-0.15, -0.1) is 0 Å². The highest BCUT2D eigenvalue weighted by Crippen LogP contribution is 2.23. The lowest BCUT2D eigenvalue weighted by Gasteiger charge is -2.11. The Morgan fingerprint density at radius 1 is 1.10 bits per heavy atom. The van der Waals surface area contributed by atoms with Crippen molar-refractivity contribution in [3.05, 3.63) is 65.7 Å². The Labute approximate surface area is 121 Å². The molecule has 2 aromatic carbocycles. The van der Waals surface area contributed by atoms with E-state index in [9.17, 15) is 17.2 Å². The van der Waals surface area contributed by atoms with E-state index < -0.39 is 38.0 Å². The number of sulfone groups is 1. The molecule has 0 heterocycles. The second kappa shape index (κ2) is 6.02. The summed E-state index contributed by atoms with van der Waals surface area (Å²) in [4.78, 5) is -0.597. The van der Waals surface area contributed by atoms with Crippen LogP contribution in [0.5, 0.6) is 0 Å². The molecule has 2 rings (SSSR count). The van der Waals surface area contributed by atoms with Crippen LogP contribution in [0.15, 0.2) is 53.4 Å². The van der Waals surface area contributed by atoms with Crippen molar-refractivity contribution in [2.24, 2.45) is 0 Å². The molecule has 0 N–H and O–H groups in total. The number of halogens is 2. The Kier molecular flexibility index (Phi) is 4.34. The molecule has 0 amide bonds. The predicted octanol–water partition coefficient (Wildman–Crippen LogP) is 3.05. The van der Waals surface area contributed by atoms with E-state index in [0.29, 0.717) is 11.6 Å². The van der Waals surface area contributed by atoms with Crippen molar-refractivity contribution in [2.75, 3.05) is 5.75 Å². The molecule has 0 bridgehead atoms. The van der Waals surface area contributed by atoms with Crippen LogP contribution in [0.25, 0.3) is 0 Å². The smallest absolute Gasteiger partial charge is 0.182 e. The van der Waals surface area contributed by atoms with Gasteiger partial charge in [0.15, 0.2) is 9.84 Å². The molecule has 1 atom stereocenters. The van der Waals surface area contributed by atoms with Gasteiger partial charge >= 0.3 is 0 Å². The maximum absolute atomic E-state index is 13.6. The molecule has 0 saturated carbocycles. The summed E-state index contributed by atoms with van der Waals surface area (Å²) in [6, 6.07) is 12.5. The monoisotopic (exact) mass is 307 g/mol. The Balaban J connectivity index is 2.35. The zero-order valence-electron chi connectivity index (χ0n) is 10.8. The van der Waals surface area contributed by atoms with Gasteiger partial charge in [0.1, 0.15) is 16.5 Å². The van der Waals surface area contributed by atoms with Gasteiger partial charge in [-0.2, -0.15) is 5.26 Å². The van der Waals surface area contributed by atoms with Crippen LogP contribution >= 0.6 is 0 Å². The summed E-state index contributed by atoms with van der Waals surface area (Å²) in [6.07, 6.45) is 0. The fraction of sp³-hybridized carbons (Fsp3) is 0.133. The highest BCUT2D eigenvalue weighted by Gasteiger charge is 2.25. The van der Waals surface area contributed by atoms with Crippen LogP contribution in [0.3, 0.4) is 0 Å². The fourth-order valence-corrected chi connectivity index (χ4v) is 3.45. The summed E-state index contributed by atoms with van der Waals surface area (Å²) in [7, 11) is -4.03. The normalized spacial score (nSPS) is 12.6. The van der Waals surface area contributed by atoms with Crippen LogP contribution in [-0.4, -0.2) is 14.2 Å². The van der Waals surface area contributed by atoms with E-state index in [1.807, 2.05) is 6.07 Å². The molecule has 21 heavy (non-hydrogen) atoms. The second-order valence-electron chi connectivity index (χ2n) is 4.45.